The minimum Gasteiger partial charge on any atom is -0.497 e. The van der Waals surface area contributed by atoms with Crippen LogP contribution in [0.1, 0.15) is 21.9 Å². The van der Waals surface area contributed by atoms with Crippen LogP contribution in [0.2, 0.25) is 0 Å². The Hall–Kier alpha value is -4.15. The van der Waals surface area contributed by atoms with Gasteiger partial charge in [0, 0.05) is 16.5 Å². The van der Waals surface area contributed by atoms with Crippen LogP contribution in [-0.4, -0.2) is 34.6 Å². The van der Waals surface area contributed by atoms with E-state index < -0.39 is 17.1 Å². The minimum atomic E-state index is -0.745. The number of carbonyl (C=O) groups excluding carboxylic acids is 3. The van der Waals surface area contributed by atoms with Gasteiger partial charge in [0.05, 0.1) is 23.7 Å². The van der Waals surface area contributed by atoms with E-state index in [-0.39, 0.29) is 29.1 Å². The van der Waals surface area contributed by atoms with Crippen molar-refractivity contribution in [2.24, 2.45) is 5.92 Å². The Bertz CT molecular complexity index is 1660. The number of aryl methyl sites for hydroxylation is 1. The molecule has 2 aliphatic rings. The first-order chi connectivity index (χ1) is 19.4. The Morgan fingerprint density at radius 3 is 2.30 bits per heavy atom. The number of rotatable bonds is 6. The third-order valence-corrected chi connectivity index (χ3v) is 9.78. The number of aromatic nitrogens is 1. The van der Waals surface area contributed by atoms with Crippen LogP contribution in [0.5, 0.6) is 5.75 Å². The standard InChI is InChI=1S/C30H25N3O5S2/c1-17-8-12-20(13-9-17)33-27(35)24-23(18-10-14-21(38-2)15-11-18)26-29(39-25(24)28(33)36)32(30(37)40-26)16-22(34)31-19-6-4-3-5-7-19/h3-15,23-25H,16H2,1-2H3,(H,31,34). The summed E-state index contributed by atoms with van der Waals surface area (Å²) in [5, 5.41) is 2.62. The molecule has 1 fully saturated rings. The van der Waals surface area contributed by atoms with Crippen LogP contribution in [0.3, 0.4) is 0 Å². The number of amides is 3. The van der Waals surface area contributed by atoms with Crippen molar-refractivity contribution in [2.75, 3.05) is 17.3 Å². The summed E-state index contributed by atoms with van der Waals surface area (Å²) in [4.78, 5) is 55.6. The van der Waals surface area contributed by atoms with Crippen molar-refractivity contribution >= 4 is 52.2 Å². The molecule has 0 aliphatic carbocycles. The second-order valence-corrected chi connectivity index (χ2v) is 11.8. The lowest BCUT2D eigenvalue weighted by Crippen LogP contribution is -2.33. The zero-order chi connectivity index (χ0) is 28.0. The molecule has 3 atom stereocenters. The first kappa shape index (κ1) is 26.1. The molecule has 3 heterocycles. The average Bonchev–Trinajstić information content (AvgIpc) is 3.40. The quantitative estimate of drug-likeness (QED) is 0.338. The monoisotopic (exact) mass is 571 g/mol. The van der Waals surface area contributed by atoms with Crippen molar-refractivity contribution in [1.29, 1.82) is 0 Å². The molecule has 6 rings (SSSR count). The Morgan fingerprint density at radius 1 is 0.925 bits per heavy atom. The number of ether oxygens (including phenoxy) is 1. The van der Waals surface area contributed by atoms with Crippen LogP contribution in [0.25, 0.3) is 0 Å². The van der Waals surface area contributed by atoms with Gasteiger partial charge in [0.15, 0.2) is 0 Å². The van der Waals surface area contributed by atoms with Crippen molar-refractivity contribution in [3.63, 3.8) is 0 Å². The molecule has 0 saturated carbocycles. The maximum Gasteiger partial charge on any atom is 0.308 e. The fourth-order valence-electron chi connectivity index (χ4n) is 5.24. The van der Waals surface area contributed by atoms with Crippen molar-refractivity contribution < 1.29 is 19.1 Å². The van der Waals surface area contributed by atoms with Gasteiger partial charge in [-0.3, -0.25) is 23.7 Å². The molecule has 3 aromatic carbocycles. The van der Waals surface area contributed by atoms with Crippen LogP contribution < -0.4 is 19.8 Å². The molecule has 2 aliphatic heterocycles. The van der Waals surface area contributed by atoms with E-state index in [1.807, 2.05) is 49.4 Å². The topological polar surface area (TPSA) is 97.7 Å². The molecule has 3 unspecified atom stereocenters. The van der Waals surface area contributed by atoms with Gasteiger partial charge in [0.1, 0.15) is 17.5 Å². The summed E-state index contributed by atoms with van der Waals surface area (Å²) < 4.78 is 6.74. The van der Waals surface area contributed by atoms with E-state index in [4.69, 9.17) is 4.74 Å². The molecule has 202 valence electrons. The summed E-state index contributed by atoms with van der Waals surface area (Å²) in [5.74, 6) is -1.56. The lowest BCUT2D eigenvalue weighted by molar-refractivity contribution is -0.122. The van der Waals surface area contributed by atoms with E-state index >= 15 is 0 Å². The van der Waals surface area contributed by atoms with Crippen molar-refractivity contribution in [2.45, 2.75) is 29.7 Å². The van der Waals surface area contributed by atoms with E-state index in [1.54, 1.807) is 43.5 Å². The number of nitrogens with zero attached hydrogens (tertiary/aromatic N) is 2. The molecule has 1 aromatic heterocycles. The molecule has 3 amide bonds. The molecule has 1 saturated heterocycles. The number of fused-ring (bicyclic) bond motifs is 2. The van der Waals surface area contributed by atoms with Gasteiger partial charge in [-0.15, -0.1) is 0 Å². The number of hydrogen-bond acceptors (Lipinski definition) is 7. The fourth-order valence-corrected chi connectivity index (χ4v) is 8.01. The molecule has 40 heavy (non-hydrogen) atoms. The molecule has 10 heteroatoms. The van der Waals surface area contributed by atoms with Gasteiger partial charge in [-0.05, 0) is 48.9 Å². The van der Waals surface area contributed by atoms with E-state index in [0.29, 0.717) is 27.0 Å². The number of nitrogens with one attached hydrogen (secondary N) is 1. The largest absolute Gasteiger partial charge is 0.497 e. The van der Waals surface area contributed by atoms with Crippen molar-refractivity contribution in [1.82, 2.24) is 4.57 Å². The average molecular weight is 572 g/mol. The molecule has 0 bridgehead atoms. The number of thiazole rings is 1. The number of carbonyl (C=O) groups is 3. The SMILES string of the molecule is COc1ccc(C2c3sc(=O)n(CC(=O)Nc4ccccc4)c3SC3C(=O)N(c4ccc(C)cc4)C(=O)C32)cc1. The van der Waals surface area contributed by atoms with Gasteiger partial charge in [-0.2, -0.15) is 0 Å². The van der Waals surface area contributed by atoms with Crippen LogP contribution in [0.4, 0.5) is 11.4 Å². The minimum absolute atomic E-state index is 0.205. The van der Waals surface area contributed by atoms with E-state index in [0.717, 1.165) is 22.5 Å². The normalized spacial score (nSPS) is 19.8. The van der Waals surface area contributed by atoms with Crippen LogP contribution in [-0.2, 0) is 20.9 Å². The number of para-hydroxylation sites is 1. The Kier molecular flexibility index (Phi) is 6.81. The highest BCUT2D eigenvalue weighted by Crippen LogP contribution is 2.54. The third kappa shape index (κ3) is 4.52. The van der Waals surface area contributed by atoms with Gasteiger partial charge in [0.25, 0.3) is 0 Å². The Balaban J connectivity index is 1.42. The van der Waals surface area contributed by atoms with Crippen LogP contribution in [0.15, 0.2) is 88.7 Å². The summed E-state index contributed by atoms with van der Waals surface area (Å²) in [5.41, 5.74) is 2.96. The number of hydrogen-bond donors (Lipinski definition) is 1. The van der Waals surface area contributed by atoms with Gasteiger partial charge < -0.3 is 10.1 Å². The summed E-state index contributed by atoms with van der Waals surface area (Å²) in [6, 6.07) is 23.6. The summed E-state index contributed by atoms with van der Waals surface area (Å²) in [7, 11) is 1.57. The van der Waals surface area contributed by atoms with Crippen LogP contribution in [0, 0.1) is 12.8 Å². The lowest BCUT2D eigenvalue weighted by Gasteiger charge is -2.30. The highest BCUT2D eigenvalue weighted by atomic mass is 32.2. The Morgan fingerprint density at radius 2 is 1.62 bits per heavy atom. The fraction of sp³-hybridized carbons (Fsp3) is 0.200. The predicted molar refractivity (Wildman–Crippen MR) is 155 cm³/mol. The van der Waals surface area contributed by atoms with Crippen LogP contribution >= 0.6 is 23.1 Å². The molecular formula is C30H25N3O5S2. The van der Waals surface area contributed by atoms with Gasteiger partial charge in [-0.1, -0.05) is 71.1 Å². The lowest BCUT2D eigenvalue weighted by atomic mass is 9.83. The molecule has 0 radical (unpaired) electrons. The van der Waals surface area contributed by atoms with Crippen molar-refractivity contribution in [3.05, 3.63) is 105 Å². The van der Waals surface area contributed by atoms with Gasteiger partial charge >= 0.3 is 4.87 Å². The second-order valence-electron chi connectivity index (χ2n) is 9.70. The summed E-state index contributed by atoms with van der Waals surface area (Å²) in [6.45, 7) is 1.74. The zero-order valence-corrected chi connectivity index (χ0v) is 23.3. The van der Waals surface area contributed by atoms with Gasteiger partial charge in [-0.25, -0.2) is 4.90 Å². The van der Waals surface area contributed by atoms with E-state index in [1.165, 1.54) is 21.2 Å². The van der Waals surface area contributed by atoms with E-state index in [9.17, 15) is 19.2 Å². The molecule has 4 aromatic rings. The molecule has 8 nitrogen and oxygen atoms in total. The highest BCUT2D eigenvalue weighted by Gasteiger charge is 2.56. The maximum absolute atomic E-state index is 13.9. The first-order valence-electron chi connectivity index (χ1n) is 12.7. The van der Waals surface area contributed by atoms with Crippen molar-refractivity contribution in [3.8, 4) is 5.75 Å². The number of thioether (sulfide) groups is 1. The molecule has 0 spiro atoms. The third-order valence-electron chi connectivity index (χ3n) is 7.18. The highest BCUT2D eigenvalue weighted by molar-refractivity contribution is 8.00. The smallest absolute Gasteiger partial charge is 0.308 e. The second kappa shape index (κ2) is 10.4. The number of methoxy groups -OCH3 is 1. The van der Waals surface area contributed by atoms with Gasteiger partial charge in [0.2, 0.25) is 17.7 Å². The molecular weight excluding hydrogens is 546 g/mol. The maximum atomic E-state index is 13.9. The molecule has 1 N–H and O–H groups in total. The summed E-state index contributed by atoms with van der Waals surface area (Å²) in [6.07, 6.45) is 0. The number of anilines is 2. The predicted octanol–water partition coefficient (Wildman–Crippen LogP) is 4.66. The Labute approximate surface area is 238 Å². The number of imide groups is 1. The first-order valence-corrected chi connectivity index (χ1v) is 14.4. The van der Waals surface area contributed by atoms with E-state index in [2.05, 4.69) is 5.32 Å². The summed E-state index contributed by atoms with van der Waals surface area (Å²) >= 11 is 2.22. The number of benzene rings is 3. The zero-order valence-electron chi connectivity index (χ0n) is 21.7.